The molecule has 0 fully saturated rings. The summed E-state index contributed by atoms with van der Waals surface area (Å²) in [7, 11) is 0. The highest BCUT2D eigenvalue weighted by Crippen LogP contribution is 2.23. The van der Waals surface area contributed by atoms with E-state index in [4.69, 9.17) is 15.0 Å². The van der Waals surface area contributed by atoms with E-state index in [9.17, 15) is 4.79 Å². The zero-order chi connectivity index (χ0) is 14.7. The lowest BCUT2D eigenvalue weighted by Crippen LogP contribution is -2.30. The van der Waals surface area contributed by atoms with Crippen molar-refractivity contribution >= 4 is 21.8 Å². The van der Waals surface area contributed by atoms with Gasteiger partial charge in [-0.3, -0.25) is 10.2 Å². The van der Waals surface area contributed by atoms with Crippen LogP contribution in [0.5, 0.6) is 5.75 Å². The Morgan fingerprint density at radius 2 is 2.10 bits per heavy atom. The largest absolute Gasteiger partial charge is 0.486 e. The number of hydrazine groups is 1. The summed E-state index contributed by atoms with van der Waals surface area (Å²) in [6.07, 6.45) is 0. The van der Waals surface area contributed by atoms with Crippen molar-refractivity contribution in [2.24, 2.45) is 5.84 Å². The molecule has 1 aromatic carbocycles. The van der Waals surface area contributed by atoms with Crippen molar-refractivity contribution in [1.82, 2.24) is 5.43 Å². The molecule has 20 heavy (non-hydrogen) atoms. The first kappa shape index (κ1) is 14.6. The molecule has 1 heterocycles. The van der Waals surface area contributed by atoms with Crippen molar-refractivity contribution in [2.45, 2.75) is 20.5 Å². The van der Waals surface area contributed by atoms with E-state index in [2.05, 4.69) is 15.9 Å². The van der Waals surface area contributed by atoms with E-state index >= 15 is 0 Å². The standard InChI is InChI=1S/C14H15BrN2O3/c1-8-5-10(3-4-12(8)15)19-7-11-6-9(2)13(20-11)14(18)17-16/h3-6H,7,16H2,1-2H3,(H,17,18). The van der Waals surface area contributed by atoms with E-state index in [0.717, 1.165) is 21.3 Å². The number of nitrogen functional groups attached to an aromatic ring is 1. The van der Waals surface area contributed by atoms with Crippen LogP contribution in [-0.4, -0.2) is 5.91 Å². The molecular formula is C14H15BrN2O3. The maximum absolute atomic E-state index is 11.4. The first-order chi connectivity index (χ1) is 9.51. The lowest BCUT2D eigenvalue weighted by molar-refractivity contribution is 0.0921. The molecule has 5 nitrogen and oxygen atoms in total. The lowest BCUT2D eigenvalue weighted by Gasteiger charge is -2.06. The monoisotopic (exact) mass is 338 g/mol. The molecule has 0 atom stereocenters. The molecule has 3 N–H and O–H groups in total. The predicted molar refractivity (Wildman–Crippen MR) is 78.3 cm³/mol. The predicted octanol–water partition coefficient (Wildman–Crippen LogP) is 2.84. The molecule has 2 aromatic rings. The van der Waals surface area contributed by atoms with Gasteiger partial charge in [-0.15, -0.1) is 0 Å². The van der Waals surface area contributed by atoms with Gasteiger partial charge in [0.1, 0.15) is 18.1 Å². The van der Waals surface area contributed by atoms with Crippen LogP contribution >= 0.6 is 15.9 Å². The Labute approximate surface area is 125 Å². The maximum atomic E-state index is 11.4. The number of benzene rings is 1. The van der Waals surface area contributed by atoms with Crippen LogP contribution in [0.25, 0.3) is 0 Å². The zero-order valence-corrected chi connectivity index (χ0v) is 12.8. The number of aryl methyl sites for hydroxylation is 2. The van der Waals surface area contributed by atoms with Crippen LogP contribution in [0.4, 0.5) is 0 Å². The van der Waals surface area contributed by atoms with Crippen LogP contribution in [0.1, 0.15) is 27.4 Å². The fourth-order valence-corrected chi connectivity index (χ4v) is 2.02. The van der Waals surface area contributed by atoms with Crippen molar-refractivity contribution in [3.63, 3.8) is 0 Å². The van der Waals surface area contributed by atoms with Gasteiger partial charge in [0.25, 0.3) is 0 Å². The Kier molecular flexibility index (Phi) is 4.46. The van der Waals surface area contributed by atoms with Gasteiger partial charge in [0.05, 0.1) is 0 Å². The number of furan rings is 1. The van der Waals surface area contributed by atoms with Crippen molar-refractivity contribution in [3.05, 3.63) is 51.4 Å². The minimum Gasteiger partial charge on any atom is -0.486 e. The summed E-state index contributed by atoms with van der Waals surface area (Å²) in [5.41, 5.74) is 3.85. The van der Waals surface area contributed by atoms with Crippen molar-refractivity contribution in [1.29, 1.82) is 0 Å². The van der Waals surface area contributed by atoms with Crippen LogP contribution in [-0.2, 0) is 6.61 Å². The third-order valence-electron chi connectivity index (χ3n) is 2.82. The van der Waals surface area contributed by atoms with E-state index in [1.165, 1.54) is 0 Å². The molecule has 0 saturated carbocycles. The van der Waals surface area contributed by atoms with Crippen LogP contribution in [0, 0.1) is 13.8 Å². The van der Waals surface area contributed by atoms with E-state index in [0.29, 0.717) is 5.76 Å². The number of hydrogen-bond acceptors (Lipinski definition) is 4. The summed E-state index contributed by atoms with van der Waals surface area (Å²) < 4.78 is 12.1. The number of rotatable bonds is 4. The molecule has 1 amide bonds. The van der Waals surface area contributed by atoms with Crippen molar-refractivity contribution < 1.29 is 13.9 Å². The number of halogens is 1. The van der Waals surface area contributed by atoms with Crippen LogP contribution in [0.3, 0.4) is 0 Å². The summed E-state index contributed by atoms with van der Waals surface area (Å²) in [6, 6.07) is 7.47. The Hall–Kier alpha value is -1.79. The Bertz CT molecular complexity index is 637. The molecule has 0 spiro atoms. The molecule has 6 heteroatoms. The highest BCUT2D eigenvalue weighted by Gasteiger charge is 2.14. The molecule has 1 aromatic heterocycles. The number of carbonyl (C=O) groups excluding carboxylic acids is 1. The second kappa shape index (κ2) is 6.11. The molecule has 0 radical (unpaired) electrons. The summed E-state index contributed by atoms with van der Waals surface area (Å²) in [6.45, 7) is 4.01. The fraction of sp³-hybridized carbons (Fsp3) is 0.214. The van der Waals surface area contributed by atoms with Crippen LogP contribution < -0.4 is 16.0 Å². The van der Waals surface area contributed by atoms with Crippen LogP contribution in [0.2, 0.25) is 0 Å². The molecule has 106 valence electrons. The molecule has 0 aliphatic heterocycles. The molecule has 0 saturated heterocycles. The topological polar surface area (TPSA) is 77.5 Å². The van der Waals surface area contributed by atoms with E-state index in [-0.39, 0.29) is 12.4 Å². The average Bonchev–Trinajstić information content (AvgIpc) is 2.80. The first-order valence-corrected chi connectivity index (χ1v) is 6.79. The lowest BCUT2D eigenvalue weighted by atomic mass is 10.2. The van der Waals surface area contributed by atoms with E-state index in [1.807, 2.05) is 30.5 Å². The summed E-state index contributed by atoms with van der Waals surface area (Å²) in [4.78, 5) is 11.4. The quantitative estimate of drug-likeness (QED) is 0.510. The van der Waals surface area contributed by atoms with Crippen LogP contribution in [0.15, 0.2) is 33.2 Å². The van der Waals surface area contributed by atoms with Gasteiger partial charge in [0.2, 0.25) is 0 Å². The number of carbonyl (C=O) groups is 1. The van der Waals surface area contributed by atoms with Gasteiger partial charge in [-0.05, 0) is 43.7 Å². The summed E-state index contributed by atoms with van der Waals surface area (Å²) >= 11 is 3.43. The average molecular weight is 339 g/mol. The van der Waals surface area contributed by atoms with Gasteiger partial charge < -0.3 is 9.15 Å². The normalized spacial score (nSPS) is 10.4. The molecule has 0 aliphatic rings. The summed E-state index contributed by atoms with van der Waals surface area (Å²) in [5, 5.41) is 0. The number of nitrogens with two attached hydrogens (primary N) is 1. The van der Waals surface area contributed by atoms with E-state index in [1.54, 1.807) is 13.0 Å². The first-order valence-electron chi connectivity index (χ1n) is 6.00. The van der Waals surface area contributed by atoms with Gasteiger partial charge in [-0.1, -0.05) is 15.9 Å². The Morgan fingerprint density at radius 3 is 2.75 bits per heavy atom. The van der Waals surface area contributed by atoms with E-state index < -0.39 is 5.91 Å². The summed E-state index contributed by atoms with van der Waals surface area (Å²) in [5.74, 6) is 6.15. The van der Waals surface area contributed by atoms with Gasteiger partial charge in [0.15, 0.2) is 5.76 Å². The van der Waals surface area contributed by atoms with Gasteiger partial charge in [-0.2, -0.15) is 0 Å². The second-order valence-electron chi connectivity index (χ2n) is 4.40. The molecular weight excluding hydrogens is 324 g/mol. The smallest absolute Gasteiger partial charge is 0.301 e. The number of amides is 1. The minimum absolute atomic E-state index is 0.207. The van der Waals surface area contributed by atoms with Crippen molar-refractivity contribution in [2.75, 3.05) is 0 Å². The fourth-order valence-electron chi connectivity index (χ4n) is 1.77. The van der Waals surface area contributed by atoms with Gasteiger partial charge in [-0.25, -0.2) is 5.84 Å². The van der Waals surface area contributed by atoms with Crippen molar-refractivity contribution in [3.8, 4) is 5.75 Å². The molecule has 0 bridgehead atoms. The molecule has 0 aliphatic carbocycles. The number of nitrogens with one attached hydrogen (secondary N) is 1. The number of hydrogen-bond donors (Lipinski definition) is 2. The van der Waals surface area contributed by atoms with Gasteiger partial charge >= 0.3 is 5.91 Å². The zero-order valence-electron chi connectivity index (χ0n) is 11.2. The molecule has 2 rings (SSSR count). The minimum atomic E-state index is -0.451. The maximum Gasteiger partial charge on any atom is 0.301 e. The number of ether oxygens (including phenoxy) is 1. The Morgan fingerprint density at radius 1 is 1.35 bits per heavy atom. The molecule has 0 unspecified atom stereocenters. The van der Waals surface area contributed by atoms with Gasteiger partial charge in [0, 0.05) is 10.0 Å². The highest BCUT2D eigenvalue weighted by molar-refractivity contribution is 9.10. The third-order valence-corrected chi connectivity index (χ3v) is 3.71. The SMILES string of the molecule is Cc1cc(OCc2cc(C)c(C(=O)NN)o2)ccc1Br. The highest BCUT2D eigenvalue weighted by atomic mass is 79.9. The Balaban J connectivity index is 2.07. The third kappa shape index (κ3) is 3.20. The second-order valence-corrected chi connectivity index (χ2v) is 5.25.